The summed E-state index contributed by atoms with van der Waals surface area (Å²) in [7, 11) is 0. The van der Waals surface area contributed by atoms with Crippen LogP contribution in [0, 0.1) is 0 Å². The first kappa shape index (κ1) is 14.2. The predicted molar refractivity (Wildman–Crippen MR) is 53.3 cm³/mol. The molecule has 1 atom stereocenters. The number of rotatable bonds is 5. The average Bonchev–Trinajstić information content (AvgIpc) is 2.07. The summed E-state index contributed by atoms with van der Waals surface area (Å²) in [6, 6.07) is 0. The van der Waals surface area contributed by atoms with Gasteiger partial charge in [-0.15, -0.1) is 6.58 Å². The first-order valence-electron chi connectivity index (χ1n) is 4.57. The number of ether oxygens (including phenoxy) is 1. The molecule has 74 valence electrons. The standard InChI is InChI=1S/C6H14O.C4H8O/c1-3-5-7-6-4-2;1-3-4(2)5/h3-6H2,1-2H3;3-5H,1H2,2H3. The first-order chi connectivity index (χ1) is 5.68. The van der Waals surface area contributed by atoms with Gasteiger partial charge < -0.3 is 9.84 Å². The van der Waals surface area contributed by atoms with Gasteiger partial charge in [0.2, 0.25) is 0 Å². The average molecular weight is 174 g/mol. The lowest BCUT2D eigenvalue weighted by molar-refractivity contribution is 0.135. The number of hydrogen-bond donors (Lipinski definition) is 1. The lowest BCUT2D eigenvalue weighted by Gasteiger charge is -1.95. The summed E-state index contributed by atoms with van der Waals surface area (Å²) in [5, 5.41) is 8.24. The van der Waals surface area contributed by atoms with Crippen LogP contribution in [0.3, 0.4) is 0 Å². The zero-order valence-corrected chi connectivity index (χ0v) is 8.55. The summed E-state index contributed by atoms with van der Waals surface area (Å²) in [6.45, 7) is 11.1. The van der Waals surface area contributed by atoms with E-state index in [0.29, 0.717) is 0 Å². The van der Waals surface area contributed by atoms with Gasteiger partial charge in [0.15, 0.2) is 0 Å². The SMILES string of the molecule is C=CC(C)O.CCCOCCC. The van der Waals surface area contributed by atoms with E-state index in [1.807, 2.05) is 0 Å². The molecule has 0 amide bonds. The van der Waals surface area contributed by atoms with Gasteiger partial charge in [0.1, 0.15) is 0 Å². The minimum absolute atomic E-state index is 0.352. The highest BCUT2D eigenvalue weighted by Gasteiger charge is 1.78. The van der Waals surface area contributed by atoms with E-state index in [9.17, 15) is 0 Å². The van der Waals surface area contributed by atoms with E-state index in [1.54, 1.807) is 6.92 Å². The van der Waals surface area contributed by atoms with E-state index in [1.165, 1.54) is 6.08 Å². The van der Waals surface area contributed by atoms with Gasteiger partial charge in [-0.25, -0.2) is 0 Å². The summed E-state index contributed by atoms with van der Waals surface area (Å²) < 4.78 is 5.13. The number of aliphatic hydroxyl groups is 1. The second-order valence-electron chi connectivity index (χ2n) is 2.59. The molecule has 1 N–H and O–H groups in total. The van der Waals surface area contributed by atoms with Crippen molar-refractivity contribution in [2.24, 2.45) is 0 Å². The third-order valence-corrected chi connectivity index (χ3v) is 1.04. The van der Waals surface area contributed by atoms with E-state index in [4.69, 9.17) is 9.84 Å². The van der Waals surface area contributed by atoms with Crippen molar-refractivity contribution in [3.8, 4) is 0 Å². The smallest absolute Gasteiger partial charge is 0.0690 e. The molecule has 0 fully saturated rings. The molecule has 0 aliphatic carbocycles. The van der Waals surface area contributed by atoms with Gasteiger partial charge in [-0.3, -0.25) is 0 Å². The van der Waals surface area contributed by atoms with Crippen LogP contribution in [-0.2, 0) is 4.74 Å². The van der Waals surface area contributed by atoms with Crippen LogP contribution in [0.25, 0.3) is 0 Å². The lowest BCUT2D eigenvalue weighted by Crippen LogP contribution is -1.92. The molecule has 0 saturated carbocycles. The molecule has 0 spiro atoms. The third-order valence-electron chi connectivity index (χ3n) is 1.04. The fourth-order valence-electron chi connectivity index (χ4n) is 0.391. The predicted octanol–water partition coefficient (Wildman–Crippen LogP) is 2.38. The van der Waals surface area contributed by atoms with Crippen molar-refractivity contribution in [2.75, 3.05) is 13.2 Å². The highest BCUT2D eigenvalue weighted by Crippen LogP contribution is 1.81. The Bertz CT molecular complexity index is 75.9. The summed E-state index contributed by atoms with van der Waals surface area (Å²) in [5.41, 5.74) is 0. The fourth-order valence-corrected chi connectivity index (χ4v) is 0.391. The summed E-state index contributed by atoms with van der Waals surface area (Å²) >= 11 is 0. The van der Waals surface area contributed by atoms with E-state index < -0.39 is 0 Å². The van der Waals surface area contributed by atoms with Crippen LogP contribution in [-0.4, -0.2) is 24.4 Å². The van der Waals surface area contributed by atoms with Crippen molar-refractivity contribution in [3.63, 3.8) is 0 Å². The summed E-state index contributed by atoms with van der Waals surface area (Å²) in [6.07, 6.45) is 3.40. The topological polar surface area (TPSA) is 29.5 Å². The molecule has 0 saturated heterocycles. The highest BCUT2D eigenvalue weighted by atomic mass is 16.5. The molecule has 12 heavy (non-hydrogen) atoms. The third kappa shape index (κ3) is 22.6. The molecule has 0 aliphatic heterocycles. The van der Waals surface area contributed by atoms with E-state index in [2.05, 4.69) is 20.4 Å². The molecular formula is C10H22O2. The quantitative estimate of drug-likeness (QED) is 0.512. The zero-order chi connectivity index (χ0) is 9.82. The van der Waals surface area contributed by atoms with Crippen LogP contribution in [0.4, 0.5) is 0 Å². The van der Waals surface area contributed by atoms with Crippen molar-refractivity contribution in [1.29, 1.82) is 0 Å². The minimum Gasteiger partial charge on any atom is -0.389 e. The van der Waals surface area contributed by atoms with E-state index in [0.717, 1.165) is 26.1 Å². The van der Waals surface area contributed by atoms with Crippen LogP contribution >= 0.6 is 0 Å². The Kier molecular flexibility index (Phi) is 15.7. The van der Waals surface area contributed by atoms with Crippen molar-refractivity contribution in [2.45, 2.75) is 39.7 Å². The number of hydrogen-bond acceptors (Lipinski definition) is 2. The molecule has 0 bridgehead atoms. The molecule has 1 unspecified atom stereocenters. The van der Waals surface area contributed by atoms with Gasteiger partial charge in [0.25, 0.3) is 0 Å². The maximum Gasteiger partial charge on any atom is 0.0690 e. The molecule has 0 heterocycles. The monoisotopic (exact) mass is 174 g/mol. The van der Waals surface area contributed by atoms with Gasteiger partial charge in [0, 0.05) is 13.2 Å². The minimum atomic E-state index is -0.352. The Balaban J connectivity index is 0. The molecule has 2 heteroatoms. The van der Waals surface area contributed by atoms with Crippen LogP contribution in [0.1, 0.15) is 33.6 Å². The van der Waals surface area contributed by atoms with Crippen molar-refractivity contribution in [1.82, 2.24) is 0 Å². The fraction of sp³-hybridized carbons (Fsp3) is 0.800. The Hall–Kier alpha value is -0.340. The molecule has 2 nitrogen and oxygen atoms in total. The Morgan fingerprint density at radius 3 is 1.83 bits per heavy atom. The van der Waals surface area contributed by atoms with Crippen molar-refractivity contribution >= 4 is 0 Å². The van der Waals surface area contributed by atoms with Gasteiger partial charge in [-0.2, -0.15) is 0 Å². The van der Waals surface area contributed by atoms with Gasteiger partial charge in [0.05, 0.1) is 6.10 Å². The Labute approximate surface area is 76.2 Å². The van der Waals surface area contributed by atoms with Crippen molar-refractivity contribution in [3.05, 3.63) is 12.7 Å². The lowest BCUT2D eigenvalue weighted by atomic mass is 10.4. The van der Waals surface area contributed by atoms with E-state index in [-0.39, 0.29) is 6.10 Å². The number of aliphatic hydroxyl groups excluding tert-OH is 1. The molecule has 0 rings (SSSR count). The largest absolute Gasteiger partial charge is 0.389 e. The van der Waals surface area contributed by atoms with Crippen LogP contribution < -0.4 is 0 Å². The highest BCUT2D eigenvalue weighted by molar-refractivity contribution is 4.72. The normalized spacial score (nSPS) is 11.3. The van der Waals surface area contributed by atoms with Crippen LogP contribution in [0.15, 0.2) is 12.7 Å². The second kappa shape index (κ2) is 13.3. The molecule has 0 aromatic rings. The van der Waals surface area contributed by atoms with Gasteiger partial charge in [-0.05, 0) is 19.8 Å². The maximum absolute atomic E-state index is 8.24. The molecule has 0 aliphatic rings. The van der Waals surface area contributed by atoms with Gasteiger partial charge >= 0.3 is 0 Å². The van der Waals surface area contributed by atoms with Crippen LogP contribution in [0.5, 0.6) is 0 Å². The van der Waals surface area contributed by atoms with E-state index >= 15 is 0 Å². The summed E-state index contributed by atoms with van der Waals surface area (Å²) in [4.78, 5) is 0. The zero-order valence-electron chi connectivity index (χ0n) is 8.55. The van der Waals surface area contributed by atoms with Crippen molar-refractivity contribution < 1.29 is 9.84 Å². The Morgan fingerprint density at radius 1 is 1.33 bits per heavy atom. The molecular weight excluding hydrogens is 152 g/mol. The second-order valence-corrected chi connectivity index (χ2v) is 2.59. The maximum atomic E-state index is 8.24. The first-order valence-corrected chi connectivity index (χ1v) is 4.57. The molecule has 0 aromatic heterocycles. The van der Waals surface area contributed by atoms with Crippen LogP contribution in [0.2, 0.25) is 0 Å². The molecule has 0 aromatic carbocycles. The summed E-state index contributed by atoms with van der Waals surface area (Å²) in [5.74, 6) is 0. The molecule has 0 radical (unpaired) electrons. The Morgan fingerprint density at radius 2 is 1.67 bits per heavy atom. The van der Waals surface area contributed by atoms with Gasteiger partial charge in [-0.1, -0.05) is 19.9 Å².